The van der Waals surface area contributed by atoms with E-state index in [1.54, 1.807) is 24.3 Å². The van der Waals surface area contributed by atoms with Crippen molar-refractivity contribution in [3.05, 3.63) is 62.2 Å². The van der Waals surface area contributed by atoms with Gasteiger partial charge in [0.15, 0.2) is 11.0 Å². The highest BCUT2D eigenvalue weighted by atomic mass is 79.9. The van der Waals surface area contributed by atoms with E-state index in [-0.39, 0.29) is 24.1 Å². The third kappa shape index (κ3) is 4.24. The number of halogens is 2. The van der Waals surface area contributed by atoms with Gasteiger partial charge in [0, 0.05) is 10.5 Å². The number of carboxylic acid groups (broad SMARTS) is 1. The van der Waals surface area contributed by atoms with Crippen LogP contribution in [-0.4, -0.2) is 30.4 Å². The zero-order valence-corrected chi connectivity index (χ0v) is 18.1. The van der Waals surface area contributed by atoms with Crippen LogP contribution < -0.4 is 10.2 Å². The Hall–Kier alpha value is -2.35. The first-order valence-electron chi connectivity index (χ1n) is 9.42. The highest BCUT2D eigenvalue weighted by molar-refractivity contribution is 9.10. The van der Waals surface area contributed by atoms with Crippen molar-refractivity contribution in [3.63, 3.8) is 0 Å². The van der Waals surface area contributed by atoms with Gasteiger partial charge in [-0.2, -0.15) is 0 Å². The Bertz CT molecular complexity index is 1150. The minimum absolute atomic E-state index is 0.0379. The van der Waals surface area contributed by atoms with Crippen molar-refractivity contribution in [1.29, 1.82) is 0 Å². The molecule has 1 fully saturated rings. The van der Waals surface area contributed by atoms with Crippen LogP contribution in [0.15, 0.2) is 56.1 Å². The smallest absolute Gasteiger partial charge is 0.306 e. The number of fused-ring (bicyclic) bond motifs is 1. The molecule has 6 nitrogen and oxygen atoms in total. The van der Waals surface area contributed by atoms with Gasteiger partial charge in [-0.05, 0) is 53.0 Å². The molecule has 1 aromatic heterocycles. The third-order valence-corrected chi connectivity index (χ3v) is 6.03. The maximum Gasteiger partial charge on any atom is 0.306 e. The largest absolute Gasteiger partial charge is 0.490 e. The van der Waals surface area contributed by atoms with Gasteiger partial charge >= 0.3 is 5.97 Å². The van der Waals surface area contributed by atoms with Gasteiger partial charge in [-0.1, -0.05) is 23.7 Å². The van der Waals surface area contributed by atoms with Crippen molar-refractivity contribution in [2.45, 2.75) is 18.9 Å². The molecule has 4 rings (SSSR count). The second-order valence-electron chi connectivity index (χ2n) is 7.05. The molecule has 1 saturated carbocycles. The zero-order valence-electron chi connectivity index (χ0n) is 15.8. The minimum Gasteiger partial charge on any atom is -0.490 e. The molecule has 1 aliphatic rings. The average Bonchev–Trinajstić information content (AvgIpc) is 2.69. The monoisotopic (exact) mass is 492 g/mol. The summed E-state index contributed by atoms with van der Waals surface area (Å²) < 4.78 is 18.1. The molecule has 0 aliphatic heterocycles. The Labute approximate surface area is 185 Å². The SMILES string of the molecule is O=C(O)C1CC(OCCOc2ccccc2-c2cc(=O)c3c(Br)ccc(Cl)c3o2)C1. The van der Waals surface area contributed by atoms with Crippen molar-refractivity contribution in [3.8, 4) is 17.1 Å². The van der Waals surface area contributed by atoms with Crippen LogP contribution in [-0.2, 0) is 9.53 Å². The molecule has 1 heterocycles. The maximum atomic E-state index is 12.7. The van der Waals surface area contributed by atoms with Gasteiger partial charge in [0.1, 0.15) is 18.1 Å². The van der Waals surface area contributed by atoms with E-state index in [4.69, 9.17) is 30.6 Å². The first kappa shape index (κ1) is 20.9. The summed E-state index contributed by atoms with van der Waals surface area (Å²) in [6, 6.07) is 12.0. The Morgan fingerprint density at radius 1 is 1.20 bits per heavy atom. The van der Waals surface area contributed by atoms with Gasteiger partial charge in [0.2, 0.25) is 0 Å². The van der Waals surface area contributed by atoms with Crippen LogP contribution in [0.3, 0.4) is 0 Å². The normalized spacial score (nSPS) is 18.2. The van der Waals surface area contributed by atoms with Gasteiger partial charge in [0.05, 0.1) is 34.6 Å². The summed E-state index contributed by atoms with van der Waals surface area (Å²) in [5.41, 5.74) is 0.725. The van der Waals surface area contributed by atoms with E-state index in [2.05, 4.69) is 15.9 Å². The lowest BCUT2D eigenvalue weighted by Gasteiger charge is -2.32. The predicted molar refractivity (Wildman–Crippen MR) is 116 cm³/mol. The summed E-state index contributed by atoms with van der Waals surface area (Å²) in [6.45, 7) is 0.626. The standard InChI is InChI=1S/C22H18BrClO6/c23-15-5-6-16(24)21-20(15)17(25)11-19(30-21)14-3-1-2-4-18(14)29-8-7-28-13-9-12(10-13)22(26)27/h1-6,11-13H,7-10H2,(H,26,27). The van der Waals surface area contributed by atoms with E-state index in [0.717, 1.165) is 0 Å². The number of hydrogen-bond acceptors (Lipinski definition) is 5. The number of rotatable bonds is 7. The van der Waals surface area contributed by atoms with Crippen molar-refractivity contribution >= 4 is 44.5 Å². The summed E-state index contributed by atoms with van der Waals surface area (Å²) in [5.74, 6) is -0.178. The number of ether oxygens (including phenoxy) is 2. The van der Waals surface area contributed by atoms with Gasteiger partial charge < -0.3 is 19.0 Å². The lowest BCUT2D eigenvalue weighted by molar-refractivity contribution is -0.151. The summed E-state index contributed by atoms with van der Waals surface area (Å²) >= 11 is 9.61. The molecule has 0 unspecified atom stereocenters. The van der Waals surface area contributed by atoms with Crippen LogP contribution >= 0.6 is 27.5 Å². The average molecular weight is 494 g/mol. The first-order valence-corrected chi connectivity index (χ1v) is 10.6. The molecule has 0 saturated heterocycles. The molecule has 1 aliphatic carbocycles. The van der Waals surface area contributed by atoms with Crippen LogP contribution in [0.2, 0.25) is 5.02 Å². The van der Waals surface area contributed by atoms with E-state index in [0.29, 0.717) is 57.0 Å². The van der Waals surface area contributed by atoms with Crippen LogP contribution in [0.4, 0.5) is 0 Å². The van der Waals surface area contributed by atoms with E-state index >= 15 is 0 Å². The maximum absolute atomic E-state index is 12.7. The molecular weight excluding hydrogens is 476 g/mol. The third-order valence-electron chi connectivity index (χ3n) is 5.07. The molecule has 0 spiro atoms. The van der Waals surface area contributed by atoms with E-state index < -0.39 is 5.97 Å². The van der Waals surface area contributed by atoms with Crippen LogP contribution in [0.5, 0.6) is 5.75 Å². The molecule has 3 aromatic rings. The summed E-state index contributed by atoms with van der Waals surface area (Å²) in [6.07, 6.45) is 1.03. The number of carbonyl (C=O) groups is 1. The molecule has 30 heavy (non-hydrogen) atoms. The Kier molecular flexibility index (Phi) is 6.13. The van der Waals surface area contributed by atoms with Crippen molar-refractivity contribution in [2.24, 2.45) is 5.92 Å². The Balaban J connectivity index is 1.49. The molecule has 2 aromatic carbocycles. The second kappa shape index (κ2) is 8.79. The highest BCUT2D eigenvalue weighted by Gasteiger charge is 2.34. The fourth-order valence-electron chi connectivity index (χ4n) is 3.39. The molecule has 0 radical (unpaired) electrons. The number of carboxylic acids is 1. The lowest BCUT2D eigenvalue weighted by Crippen LogP contribution is -2.37. The van der Waals surface area contributed by atoms with Crippen LogP contribution in [0.1, 0.15) is 12.8 Å². The van der Waals surface area contributed by atoms with E-state index in [1.807, 2.05) is 12.1 Å². The Morgan fingerprint density at radius 3 is 2.73 bits per heavy atom. The van der Waals surface area contributed by atoms with E-state index in [9.17, 15) is 9.59 Å². The number of hydrogen-bond donors (Lipinski definition) is 1. The second-order valence-corrected chi connectivity index (χ2v) is 8.31. The quantitative estimate of drug-likeness (QED) is 0.459. The van der Waals surface area contributed by atoms with Crippen molar-refractivity contribution in [2.75, 3.05) is 13.2 Å². The van der Waals surface area contributed by atoms with Gasteiger partial charge in [-0.3, -0.25) is 9.59 Å². The van der Waals surface area contributed by atoms with Crippen molar-refractivity contribution in [1.82, 2.24) is 0 Å². The molecule has 156 valence electrons. The van der Waals surface area contributed by atoms with Gasteiger partial charge in [-0.25, -0.2) is 0 Å². The minimum atomic E-state index is -0.774. The molecule has 0 amide bonds. The highest BCUT2D eigenvalue weighted by Crippen LogP contribution is 2.35. The molecule has 0 bridgehead atoms. The summed E-state index contributed by atoms with van der Waals surface area (Å²) in [5, 5.41) is 9.64. The summed E-state index contributed by atoms with van der Waals surface area (Å²) in [7, 11) is 0. The first-order chi connectivity index (χ1) is 14.4. The van der Waals surface area contributed by atoms with Crippen LogP contribution in [0.25, 0.3) is 22.3 Å². The fraction of sp³-hybridized carbons (Fsp3) is 0.273. The summed E-state index contributed by atoms with van der Waals surface area (Å²) in [4.78, 5) is 23.5. The topological polar surface area (TPSA) is 86.0 Å². The zero-order chi connectivity index (χ0) is 21.3. The Morgan fingerprint density at radius 2 is 1.97 bits per heavy atom. The number of para-hydroxylation sites is 1. The number of benzene rings is 2. The lowest BCUT2D eigenvalue weighted by atomic mass is 9.82. The van der Waals surface area contributed by atoms with E-state index in [1.165, 1.54) is 6.07 Å². The van der Waals surface area contributed by atoms with Crippen molar-refractivity contribution < 1.29 is 23.8 Å². The van der Waals surface area contributed by atoms with Crippen LogP contribution in [0, 0.1) is 5.92 Å². The predicted octanol–water partition coefficient (Wildman–Crippen LogP) is 5.13. The fourth-order valence-corrected chi connectivity index (χ4v) is 4.10. The molecule has 0 atom stereocenters. The molecule has 8 heteroatoms. The van der Waals surface area contributed by atoms with Gasteiger partial charge in [-0.15, -0.1) is 0 Å². The molecular formula is C22H18BrClO6. The van der Waals surface area contributed by atoms with Gasteiger partial charge in [0.25, 0.3) is 0 Å². The number of aliphatic carboxylic acids is 1. The molecule has 1 N–H and O–H groups in total.